The second kappa shape index (κ2) is 7.35. The minimum atomic E-state index is -0.514. The molecule has 0 saturated heterocycles. The quantitative estimate of drug-likeness (QED) is 0.682. The van der Waals surface area contributed by atoms with Crippen molar-refractivity contribution in [2.75, 3.05) is 24.3 Å². The molecule has 0 aliphatic heterocycles. The Balaban J connectivity index is 2.23. The van der Waals surface area contributed by atoms with Gasteiger partial charge in [0.1, 0.15) is 0 Å². The van der Waals surface area contributed by atoms with Gasteiger partial charge in [0.15, 0.2) is 11.5 Å². The van der Waals surface area contributed by atoms with Crippen LogP contribution in [0.5, 0.6) is 0 Å². The van der Waals surface area contributed by atoms with E-state index in [1.807, 2.05) is 37.2 Å². The molecular weight excluding hydrogens is 290 g/mol. The minimum Gasteiger partial charge on any atom is -0.378 e. The van der Waals surface area contributed by atoms with Gasteiger partial charge in [0.25, 0.3) is 5.91 Å². The largest absolute Gasteiger partial charge is 0.378 e. The first-order valence-corrected chi connectivity index (χ1v) is 7.21. The lowest BCUT2D eigenvalue weighted by atomic mass is 10.2. The van der Waals surface area contributed by atoms with Gasteiger partial charge in [-0.1, -0.05) is 18.2 Å². The summed E-state index contributed by atoms with van der Waals surface area (Å²) < 4.78 is 0. The van der Waals surface area contributed by atoms with Crippen molar-refractivity contribution in [1.82, 2.24) is 0 Å². The second-order valence-electron chi connectivity index (χ2n) is 5.25. The van der Waals surface area contributed by atoms with Crippen LogP contribution in [0.3, 0.4) is 0 Å². The van der Waals surface area contributed by atoms with Crippen molar-refractivity contribution >= 4 is 34.5 Å². The standard InChI is InChI=1S/C18H19N3O2/c1-13(22)17(18(23)20-14-7-5-4-6-8-14)19-15-9-11-16(12-10-15)21(2)3/h4-12H,1-3H3,(H,20,23). The molecule has 0 atom stereocenters. The van der Waals surface area contributed by atoms with Crippen LogP contribution in [-0.4, -0.2) is 31.5 Å². The molecule has 23 heavy (non-hydrogen) atoms. The lowest BCUT2D eigenvalue weighted by molar-refractivity contribution is -0.114. The summed E-state index contributed by atoms with van der Waals surface area (Å²) in [5.41, 5.74) is 2.08. The summed E-state index contributed by atoms with van der Waals surface area (Å²) in [7, 11) is 3.87. The monoisotopic (exact) mass is 309 g/mol. The number of rotatable bonds is 5. The van der Waals surface area contributed by atoms with E-state index in [4.69, 9.17) is 0 Å². The number of nitrogens with zero attached hydrogens (tertiary/aromatic N) is 2. The molecule has 5 nitrogen and oxygen atoms in total. The highest BCUT2D eigenvalue weighted by Crippen LogP contribution is 2.18. The van der Waals surface area contributed by atoms with Crippen LogP contribution in [0.1, 0.15) is 6.92 Å². The molecule has 118 valence electrons. The number of anilines is 2. The van der Waals surface area contributed by atoms with E-state index in [1.54, 1.807) is 36.4 Å². The molecule has 0 unspecified atom stereocenters. The van der Waals surface area contributed by atoms with Crippen molar-refractivity contribution in [3.8, 4) is 0 Å². The van der Waals surface area contributed by atoms with Gasteiger partial charge < -0.3 is 10.2 Å². The predicted octanol–water partition coefficient (Wildman–Crippen LogP) is 3.05. The lowest BCUT2D eigenvalue weighted by Gasteiger charge is -2.12. The molecule has 1 N–H and O–H groups in total. The number of aliphatic imine (C=N–C) groups is 1. The highest BCUT2D eigenvalue weighted by molar-refractivity contribution is 6.67. The van der Waals surface area contributed by atoms with Crippen LogP contribution in [-0.2, 0) is 9.59 Å². The Morgan fingerprint density at radius 2 is 1.57 bits per heavy atom. The molecule has 2 aromatic carbocycles. The fourth-order valence-corrected chi connectivity index (χ4v) is 1.96. The van der Waals surface area contributed by atoms with Crippen molar-refractivity contribution in [3.05, 3.63) is 54.6 Å². The number of nitrogens with one attached hydrogen (secondary N) is 1. The summed E-state index contributed by atoms with van der Waals surface area (Å²) in [6.07, 6.45) is 0. The number of carbonyl (C=O) groups excluding carboxylic acids is 2. The normalized spacial score (nSPS) is 11.0. The Bertz CT molecular complexity index is 720. The van der Waals surface area contributed by atoms with Gasteiger partial charge in [-0.05, 0) is 36.4 Å². The third-order valence-electron chi connectivity index (χ3n) is 3.19. The third kappa shape index (κ3) is 4.51. The van der Waals surface area contributed by atoms with Crippen LogP contribution < -0.4 is 10.2 Å². The molecule has 2 rings (SSSR count). The van der Waals surface area contributed by atoms with Crippen LogP contribution in [0.2, 0.25) is 0 Å². The molecule has 0 aromatic heterocycles. The molecule has 0 spiro atoms. The van der Waals surface area contributed by atoms with E-state index < -0.39 is 5.91 Å². The summed E-state index contributed by atoms with van der Waals surface area (Å²) in [6, 6.07) is 16.3. The Morgan fingerprint density at radius 1 is 0.957 bits per heavy atom. The van der Waals surface area contributed by atoms with Crippen LogP contribution in [0.25, 0.3) is 0 Å². The van der Waals surface area contributed by atoms with Gasteiger partial charge in [0.05, 0.1) is 5.69 Å². The number of hydrogen-bond donors (Lipinski definition) is 1. The molecule has 0 radical (unpaired) electrons. The summed E-state index contributed by atoms with van der Waals surface area (Å²) >= 11 is 0. The Labute approximate surface area is 135 Å². The number of carbonyl (C=O) groups is 2. The molecule has 5 heteroatoms. The van der Waals surface area contributed by atoms with Gasteiger partial charge in [-0.2, -0.15) is 0 Å². The van der Waals surface area contributed by atoms with Crippen LogP contribution in [0, 0.1) is 0 Å². The zero-order valence-corrected chi connectivity index (χ0v) is 13.4. The number of ketones is 1. The van der Waals surface area contributed by atoms with Gasteiger partial charge in [-0.3, -0.25) is 9.59 Å². The second-order valence-corrected chi connectivity index (χ2v) is 5.25. The maximum Gasteiger partial charge on any atom is 0.277 e. The molecule has 2 aromatic rings. The van der Waals surface area contributed by atoms with E-state index in [0.29, 0.717) is 11.4 Å². The first-order chi connectivity index (χ1) is 11.0. The van der Waals surface area contributed by atoms with Crippen molar-refractivity contribution in [1.29, 1.82) is 0 Å². The Hall–Kier alpha value is -2.95. The van der Waals surface area contributed by atoms with E-state index >= 15 is 0 Å². The Kier molecular flexibility index (Phi) is 5.25. The topological polar surface area (TPSA) is 61.8 Å². The van der Waals surface area contributed by atoms with Crippen LogP contribution >= 0.6 is 0 Å². The molecule has 0 bridgehead atoms. The molecule has 1 amide bonds. The van der Waals surface area contributed by atoms with Crippen LogP contribution in [0.15, 0.2) is 59.6 Å². The minimum absolute atomic E-state index is 0.119. The molecular formula is C18H19N3O2. The molecule has 0 fully saturated rings. The Morgan fingerprint density at radius 3 is 2.09 bits per heavy atom. The van der Waals surface area contributed by atoms with Crippen molar-refractivity contribution in [2.45, 2.75) is 6.92 Å². The summed E-state index contributed by atoms with van der Waals surface area (Å²) in [6.45, 7) is 1.33. The number of amides is 1. The van der Waals surface area contributed by atoms with Crippen molar-refractivity contribution in [2.24, 2.45) is 4.99 Å². The van der Waals surface area contributed by atoms with Crippen LogP contribution in [0.4, 0.5) is 17.1 Å². The first-order valence-electron chi connectivity index (χ1n) is 7.21. The third-order valence-corrected chi connectivity index (χ3v) is 3.19. The molecule has 0 aliphatic carbocycles. The predicted molar refractivity (Wildman–Crippen MR) is 93.6 cm³/mol. The van der Waals surface area contributed by atoms with Crippen molar-refractivity contribution < 1.29 is 9.59 Å². The highest BCUT2D eigenvalue weighted by atomic mass is 16.2. The van der Waals surface area contributed by atoms with Gasteiger partial charge >= 0.3 is 0 Å². The maximum absolute atomic E-state index is 12.3. The van der Waals surface area contributed by atoms with Crippen molar-refractivity contribution in [3.63, 3.8) is 0 Å². The number of Topliss-reactive ketones (excluding diaryl/α,β-unsaturated/α-hetero) is 1. The first kappa shape index (κ1) is 16.4. The maximum atomic E-state index is 12.3. The molecule has 0 aliphatic rings. The summed E-state index contributed by atoms with van der Waals surface area (Å²) in [5.74, 6) is -0.893. The average Bonchev–Trinajstić information content (AvgIpc) is 2.53. The summed E-state index contributed by atoms with van der Waals surface area (Å²) in [4.78, 5) is 30.2. The van der Waals surface area contributed by atoms with E-state index in [1.165, 1.54) is 6.92 Å². The molecule has 0 saturated carbocycles. The van der Waals surface area contributed by atoms with Gasteiger partial charge in [-0.25, -0.2) is 4.99 Å². The van der Waals surface area contributed by atoms with Gasteiger partial charge in [0.2, 0.25) is 0 Å². The smallest absolute Gasteiger partial charge is 0.277 e. The number of benzene rings is 2. The van der Waals surface area contributed by atoms with Gasteiger partial charge in [-0.15, -0.1) is 0 Å². The fraction of sp³-hybridized carbons (Fsp3) is 0.167. The zero-order valence-electron chi connectivity index (χ0n) is 13.4. The molecule has 0 heterocycles. The SMILES string of the molecule is CC(=O)C(=Nc1ccc(N(C)C)cc1)C(=O)Nc1ccccc1. The number of hydrogen-bond acceptors (Lipinski definition) is 4. The highest BCUT2D eigenvalue weighted by Gasteiger charge is 2.17. The average molecular weight is 309 g/mol. The van der Waals surface area contributed by atoms with E-state index in [0.717, 1.165) is 5.69 Å². The van der Waals surface area contributed by atoms with E-state index in [9.17, 15) is 9.59 Å². The summed E-state index contributed by atoms with van der Waals surface area (Å²) in [5, 5.41) is 2.67. The lowest BCUT2D eigenvalue weighted by Crippen LogP contribution is -2.28. The zero-order chi connectivity index (χ0) is 16.8. The fourth-order valence-electron chi connectivity index (χ4n) is 1.96. The number of para-hydroxylation sites is 1. The van der Waals surface area contributed by atoms with Gasteiger partial charge in [0, 0.05) is 32.4 Å². The van der Waals surface area contributed by atoms with E-state index in [2.05, 4.69) is 10.3 Å². The van der Waals surface area contributed by atoms with E-state index in [-0.39, 0.29) is 11.5 Å².